The largest absolute Gasteiger partial charge is 0.508 e. The van der Waals surface area contributed by atoms with Crippen molar-refractivity contribution in [3.8, 4) is 35.2 Å². The molecule has 3 aromatic carbocycles. The van der Waals surface area contributed by atoms with Gasteiger partial charge in [0.25, 0.3) is 0 Å². The summed E-state index contributed by atoms with van der Waals surface area (Å²) in [5.41, 5.74) is 2.69. The predicted octanol–water partition coefficient (Wildman–Crippen LogP) is 6.01. The van der Waals surface area contributed by atoms with Gasteiger partial charge in [-0.3, -0.25) is 4.90 Å². The highest BCUT2D eigenvalue weighted by Crippen LogP contribution is 2.42. The summed E-state index contributed by atoms with van der Waals surface area (Å²) in [6.45, 7) is 8.42. The second-order valence-corrected chi connectivity index (χ2v) is 12.6. The fourth-order valence-corrected chi connectivity index (χ4v) is 7.49. The van der Waals surface area contributed by atoms with Crippen LogP contribution in [0.3, 0.4) is 0 Å². The third-order valence-electron chi connectivity index (χ3n) is 9.54. The highest BCUT2D eigenvalue weighted by atomic mass is 19.1. The number of fused-ring (bicyclic) bond motifs is 3. The summed E-state index contributed by atoms with van der Waals surface area (Å²) in [4.78, 5) is 14.3. The van der Waals surface area contributed by atoms with Crippen molar-refractivity contribution in [3.05, 3.63) is 53.3 Å². The monoisotopic (exact) mass is 598 g/mol. The van der Waals surface area contributed by atoms with E-state index in [1.807, 2.05) is 19.1 Å². The Hall–Kier alpha value is -4.00. The van der Waals surface area contributed by atoms with E-state index in [2.05, 4.69) is 22.6 Å². The van der Waals surface area contributed by atoms with E-state index in [4.69, 9.17) is 25.9 Å². The Labute approximate surface area is 255 Å². The lowest BCUT2D eigenvalue weighted by Crippen LogP contribution is -2.43. The number of anilines is 1. The topological polar surface area (TPSA) is 71.0 Å². The summed E-state index contributed by atoms with van der Waals surface area (Å²) >= 11 is 0. The number of nitrogens with zero attached hydrogens (tertiary/aromatic N) is 4. The van der Waals surface area contributed by atoms with E-state index in [9.17, 15) is 13.9 Å². The van der Waals surface area contributed by atoms with Crippen molar-refractivity contribution in [2.45, 2.75) is 44.8 Å². The van der Waals surface area contributed by atoms with Gasteiger partial charge >= 0.3 is 6.01 Å². The highest BCUT2D eigenvalue weighted by molar-refractivity contribution is 6.05. The Balaban J connectivity index is 1.38. The zero-order valence-electron chi connectivity index (χ0n) is 25.1. The summed E-state index contributed by atoms with van der Waals surface area (Å²) in [7, 11) is 0. The molecule has 3 aliphatic rings. The van der Waals surface area contributed by atoms with E-state index >= 15 is 0 Å². The second kappa shape index (κ2) is 11.2. The van der Waals surface area contributed by atoms with Gasteiger partial charge in [0.15, 0.2) is 0 Å². The van der Waals surface area contributed by atoms with Crippen LogP contribution in [0.1, 0.15) is 37.3 Å². The quantitative estimate of drug-likeness (QED) is 0.282. The normalized spacial score (nSPS) is 24.0. The minimum Gasteiger partial charge on any atom is -0.508 e. The van der Waals surface area contributed by atoms with Crippen LogP contribution in [0.25, 0.3) is 32.8 Å². The molecule has 3 saturated heterocycles. The average Bonchev–Trinajstić information content (AvgIpc) is 3.43. The van der Waals surface area contributed by atoms with E-state index < -0.39 is 12.0 Å². The Morgan fingerprint density at radius 3 is 2.86 bits per heavy atom. The van der Waals surface area contributed by atoms with Crippen molar-refractivity contribution in [1.82, 2.24) is 14.9 Å². The van der Waals surface area contributed by atoms with Crippen LogP contribution in [0, 0.1) is 31.0 Å². The summed E-state index contributed by atoms with van der Waals surface area (Å²) < 4.78 is 41.6. The lowest BCUT2D eigenvalue weighted by Gasteiger charge is -2.31. The number of aryl methyl sites for hydroxylation is 1. The average molecular weight is 599 g/mol. The maximum atomic E-state index is 14.9. The van der Waals surface area contributed by atoms with Crippen molar-refractivity contribution in [2.75, 3.05) is 50.9 Å². The van der Waals surface area contributed by atoms with E-state index in [0.717, 1.165) is 48.3 Å². The molecule has 3 aliphatic heterocycles. The second-order valence-electron chi connectivity index (χ2n) is 12.6. The summed E-state index contributed by atoms with van der Waals surface area (Å²) in [6.07, 6.45) is 7.28. The molecular formula is C35H36F2N4O3. The minimum absolute atomic E-state index is 0.0515. The third-order valence-corrected chi connectivity index (χ3v) is 9.54. The lowest BCUT2D eigenvalue weighted by atomic mass is 9.91. The number of rotatable bonds is 5. The predicted molar refractivity (Wildman–Crippen MR) is 168 cm³/mol. The van der Waals surface area contributed by atoms with E-state index in [1.54, 1.807) is 18.2 Å². The van der Waals surface area contributed by atoms with Crippen LogP contribution in [-0.2, 0) is 4.74 Å². The van der Waals surface area contributed by atoms with Crippen LogP contribution < -0.4 is 9.64 Å². The molecule has 0 saturated carbocycles. The number of halogens is 2. The number of aromatic hydroxyl groups is 1. The van der Waals surface area contributed by atoms with Crippen LogP contribution in [0.4, 0.5) is 14.6 Å². The van der Waals surface area contributed by atoms with E-state index in [1.165, 1.54) is 6.07 Å². The number of phenolic OH excluding ortho intramolecular Hbond substituents is 1. The van der Waals surface area contributed by atoms with Crippen LogP contribution in [0.15, 0.2) is 36.4 Å². The van der Waals surface area contributed by atoms with Gasteiger partial charge in [0, 0.05) is 36.8 Å². The maximum Gasteiger partial charge on any atom is 0.319 e. The van der Waals surface area contributed by atoms with Gasteiger partial charge in [0.05, 0.1) is 29.8 Å². The van der Waals surface area contributed by atoms with Gasteiger partial charge in [-0.1, -0.05) is 25.0 Å². The number of phenols is 1. The summed E-state index contributed by atoms with van der Waals surface area (Å²) in [6, 6.07) is 10.3. The molecule has 44 heavy (non-hydrogen) atoms. The van der Waals surface area contributed by atoms with Gasteiger partial charge in [-0.15, -0.1) is 6.42 Å². The zero-order valence-corrected chi connectivity index (χ0v) is 25.1. The van der Waals surface area contributed by atoms with Crippen molar-refractivity contribution in [2.24, 2.45) is 5.92 Å². The zero-order chi connectivity index (χ0) is 30.6. The summed E-state index contributed by atoms with van der Waals surface area (Å²) in [5.74, 6) is 3.12. The Kier molecular flexibility index (Phi) is 7.30. The molecule has 1 aromatic heterocycles. The fourth-order valence-electron chi connectivity index (χ4n) is 7.49. The molecule has 0 spiro atoms. The third kappa shape index (κ3) is 4.90. The first-order chi connectivity index (χ1) is 21.3. The van der Waals surface area contributed by atoms with Crippen molar-refractivity contribution >= 4 is 27.5 Å². The molecule has 3 atom stereocenters. The Morgan fingerprint density at radius 2 is 2.02 bits per heavy atom. The Bertz CT molecular complexity index is 1810. The first-order valence-corrected chi connectivity index (χ1v) is 15.3. The first-order valence-electron chi connectivity index (χ1n) is 15.3. The minimum atomic E-state index is -0.856. The molecule has 4 aromatic rings. The highest BCUT2D eigenvalue weighted by Gasteiger charge is 2.49. The molecule has 1 N–H and O–H groups in total. The maximum absolute atomic E-state index is 14.9. The van der Waals surface area contributed by atoms with E-state index in [0.29, 0.717) is 67.1 Å². The van der Waals surface area contributed by atoms with E-state index in [-0.39, 0.29) is 22.9 Å². The van der Waals surface area contributed by atoms with Gasteiger partial charge < -0.3 is 19.5 Å². The summed E-state index contributed by atoms with van der Waals surface area (Å²) in [5, 5.41) is 12.7. The number of terminal acetylenes is 1. The number of hydrogen-bond donors (Lipinski definition) is 1. The molecular weight excluding hydrogens is 562 g/mol. The van der Waals surface area contributed by atoms with Crippen LogP contribution in [0.5, 0.6) is 11.8 Å². The molecule has 228 valence electrons. The molecule has 3 unspecified atom stereocenters. The van der Waals surface area contributed by atoms with Gasteiger partial charge in [-0.2, -0.15) is 9.97 Å². The molecule has 0 radical (unpaired) electrons. The van der Waals surface area contributed by atoms with Crippen LogP contribution >= 0.6 is 0 Å². The number of aromatic nitrogens is 2. The number of hydrogen-bond acceptors (Lipinski definition) is 7. The van der Waals surface area contributed by atoms with Crippen molar-refractivity contribution in [1.29, 1.82) is 0 Å². The smallest absolute Gasteiger partial charge is 0.319 e. The number of ether oxygens (including phenoxy) is 2. The van der Waals surface area contributed by atoms with Gasteiger partial charge in [0.1, 0.15) is 30.2 Å². The van der Waals surface area contributed by atoms with Crippen LogP contribution in [-0.4, -0.2) is 77.7 Å². The number of benzene rings is 3. The molecule has 9 heteroatoms. The molecule has 7 nitrogen and oxygen atoms in total. The Morgan fingerprint density at radius 1 is 1.16 bits per heavy atom. The van der Waals surface area contributed by atoms with Crippen LogP contribution in [0.2, 0.25) is 0 Å². The standard InChI is InChI=1S/C35H36F2N4O3/c1-4-26-30(37)9-6-23-14-25(42)15-29(31(23)26)27-7-8-28-32(22(27)3)38-34(39-33(28)40-12-13-43-19-21(2)17-40)44-20-35-10-5-11-41(35)18-24(36)16-35/h1,6-9,14-15,21,24,42H,5,10-13,16-20H2,2-3H3. The number of alkyl halides is 1. The molecule has 4 heterocycles. The fraction of sp³-hybridized carbons (Fsp3) is 0.429. The van der Waals surface area contributed by atoms with Gasteiger partial charge in [-0.05, 0) is 78.6 Å². The molecule has 0 amide bonds. The lowest BCUT2D eigenvalue weighted by molar-refractivity contribution is 0.107. The van der Waals surface area contributed by atoms with Gasteiger partial charge in [-0.25, -0.2) is 8.78 Å². The molecule has 0 bridgehead atoms. The van der Waals surface area contributed by atoms with Gasteiger partial charge in [0.2, 0.25) is 0 Å². The molecule has 7 rings (SSSR count). The van der Waals surface area contributed by atoms with Crippen molar-refractivity contribution < 1.29 is 23.4 Å². The van der Waals surface area contributed by atoms with Crippen molar-refractivity contribution in [3.63, 3.8) is 0 Å². The SMILES string of the molecule is C#Cc1c(F)ccc2cc(O)cc(-c3ccc4c(N5CCOCC(C)C5)nc(OCC56CCCN5CC(F)C6)nc4c3C)c12. The molecule has 0 aliphatic carbocycles. The first kappa shape index (κ1) is 28.8. The molecule has 3 fully saturated rings.